The molecule has 3 aromatic rings. The number of aliphatic imine (C=N–C) groups is 1. The monoisotopic (exact) mass is 373 g/mol. The Morgan fingerprint density at radius 1 is 1.15 bits per heavy atom. The van der Waals surface area contributed by atoms with Crippen LogP contribution >= 0.6 is 11.3 Å². The van der Waals surface area contributed by atoms with Gasteiger partial charge in [-0.15, -0.1) is 11.3 Å². The van der Waals surface area contributed by atoms with E-state index in [4.69, 9.17) is 4.98 Å². The van der Waals surface area contributed by atoms with Crippen molar-refractivity contribution in [3.63, 3.8) is 0 Å². The first-order chi connectivity index (χ1) is 13.0. The molecule has 134 valence electrons. The molecule has 5 heteroatoms. The third-order valence-corrected chi connectivity index (χ3v) is 6.20. The van der Waals surface area contributed by atoms with E-state index in [1.165, 1.54) is 11.1 Å². The number of allylic oxidation sites excluding steroid dienone is 5. The fraction of sp³-hybridized carbons (Fsp3) is 0.182. The van der Waals surface area contributed by atoms with E-state index in [1.54, 1.807) is 11.3 Å². The van der Waals surface area contributed by atoms with Crippen molar-refractivity contribution in [2.24, 2.45) is 4.99 Å². The molecule has 1 N–H and O–H groups in total. The normalized spacial score (nSPS) is 16.3. The Kier molecular flexibility index (Phi) is 3.57. The van der Waals surface area contributed by atoms with E-state index in [-0.39, 0.29) is 0 Å². The van der Waals surface area contributed by atoms with E-state index in [9.17, 15) is 5.11 Å². The van der Waals surface area contributed by atoms with E-state index >= 15 is 0 Å². The molecule has 1 aliphatic carbocycles. The Morgan fingerprint density at radius 3 is 2.85 bits per heavy atom. The van der Waals surface area contributed by atoms with Gasteiger partial charge < -0.3 is 9.51 Å². The molecule has 27 heavy (non-hydrogen) atoms. The van der Waals surface area contributed by atoms with Gasteiger partial charge in [0.05, 0.1) is 17.0 Å². The minimum Gasteiger partial charge on any atom is -0.385 e. The van der Waals surface area contributed by atoms with Crippen molar-refractivity contribution in [2.75, 3.05) is 0 Å². The van der Waals surface area contributed by atoms with Gasteiger partial charge in [0.15, 0.2) is 0 Å². The number of rotatable bonds is 3. The van der Waals surface area contributed by atoms with Crippen LogP contribution in [-0.4, -0.2) is 20.2 Å². The summed E-state index contributed by atoms with van der Waals surface area (Å²) in [6, 6.07) is 6.19. The highest BCUT2D eigenvalue weighted by Gasteiger charge is 2.20. The molecule has 0 spiro atoms. The SMILES string of the molecule is CC(C)(O)c1cc(-c2ccc3nc(C4=CC=C5C=CN=C5C4)cn3c2)cs1. The minimum absolute atomic E-state index is 0.813. The Bertz CT molecular complexity index is 1180. The summed E-state index contributed by atoms with van der Waals surface area (Å²) in [7, 11) is 0. The lowest BCUT2D eigenvalue weighted by Crippen LogP contribution is -2.12. The molecule has 0 unspecified atom stereocenters. The Hall–Kier alpha value is -2.76. The topological polar surface area (TPSA) is 49.9 Å². The fourth-order valence-corrected chi connectivity index (χ4v) is 4.35. The van der Waals surface area contributed by atoms with Crippen molar-refractivity contribution in [3.8, 4) is 11.1 Å². The molecule has 0 aromatic carbocycles. The van der Waals surface area contributed by atoms with Crippen LogP contribution in [0.15, 0.2) is 71.0 Å². The summed E-state index contributed by atoms with van der Waals surface area (Å²) in [6.45, 7) is 3.63. The first-order valence-electron chi connectivity index (χ1n) is 8.93. The van der Waals surface area contributed by atoms with Gasteiger partial charge in [0, 0.05) is 29.9 Å². The van der Waals surface area contributed by atoms with Crippen LogP contribution < -0.4 is 0 Å². The summed E-state index contributed by atoms with van der Waals surface area (Å²) in [5, 5.41) is 12.3. The Morgan fingerprint density at radius 2 is 2.04 bits per heavy atom. The maximum absolute atomic E-state index is 10.2. The van der Waals surface area contributed by atoms with Crippen LogP contribution in [0.4, 0.5) is 0 Å². The van der Waals surface area contributed by atoms with Crippen LogP contribution in [0.3, 0.4) is 0 Å². The summed E-state index contributed by atoms with van der Waals surface area (Å²) in [5.74, 6) is 0. The first-order valence-corrected chi connectivity index (χ1v) is 9.81. The number of fused-ring (bicyclic) bond motifs is 2. The molecule has 0 atom stereocenters. The number of imidazole rings is 1. The van der Waals surface area contributed by atoms with Crippen molar-refractivity contribution in [3.05, 3.63) is 76.5 Å². The maximum Gasteiger partial charge on any atom is 0.137 e. The summed E-state index contributed by atoms with van der Waals surface area (Å²) in [6.07, 6.45) is 13.1. The van der Waals surface area contributed by atoms with Gasteiger partial charge in [-0.25, -0.2) is 4.98 Å². The predicted octanol–water partition coefficient (Wildman–Crippen LogP) is 4.97. The molecule has 0 radical (unpaired) electrons. The molecule has 2 aliphatic rings. The zero-order valence-corrected chi connectivity index (χ0v) is 16.0. The molecular weight excluding hydrogens is 354 g/mol. The molecule has 0 saturated carbocycles. The van der Waals surface area contributed by atoms with Gasteiger partial charge in [-0.05, 0) is 65.8 Å². The number of pyridine rings is 1. The zero-order chi connectivity index (χ0) is 18.6. The van der Waals surface area contributed by atoms with Crippen molar-refractivity contribution in [1.29, 1.82) is 0 Å². The quantitative estimate of drug-likeness (QED) is 0.704. The molecule has 0 amide bonds. The van der Waals surface area contributed by atoms with Crippen molar-refractivity contribution < 1.29 is 5.11 Å². The van der Waals surface area contributed by atoms with E-state index < -0.39 is 5.60 Å². The van der Waals surface area contributed by atoms with Gasteiger partial charge in [-0.2, -0.15) is 0 Å². The van der Waals surface area contributed by atoms with Gasteiger partial charge in [0.1, 0.15) is 5.65 Å². The number of hydrogen-bond acceptors (Lipinski definition) is 4. The molecule has 0 saturated heterocycles. The van der Waals surface area contributed by atoms with Crippen LogP contribution in [0.5, 0.6) is 0 Å². The molecular formula is C22H19N3OS. The number of aromatic nitrogens is 2. The number of aliphatic hydroxyl groups is 1. The van der Waals surface area contributed by atoms with Crippen LogP contribution in [0, 0.1) is 0 Å². The van der Waals surface area contributed by atoms with E-state index in [0.717, 1.165) is 39.5 Å². The fourth-order valence-electron chi connectivity index (χ4n) is 3.41. The highest BCUT2D eigenvalue weighted by Crippen LogP contribution is 2.33. The maximum atomic E-state index is 10.2. The second-order valence-corrected chi connectivity index (χ2v) is 8.36. The Labute approximate surface area is 161 Å². The van der Waals surface area contributed by atoms with Gasteiger partial charge in [0.2, 0.25) is 0 Å². The average Bonchev–Trinajstić information content (AvgIpc) is 3.37. The van der Waals surface area contributed by atoms with Crippen LogP contribution in [0.1, 0.15) is 30.8 Å². The summed E-state index contributed by atoms with van der Waals surface area (Å²) in [5.41, 5.74) is 6.83. The second-order valence-electron chi connectivity index (χ2n) is 7.45. The molecule has 1 aliphatic heterocycles. The minimum atomic E-state index is -0.813. The highest BCUT2D eigenvalue weighted by molar-refractivity contribution is 7.10. The standard InChI is InChI=1S/C22H19N3OS/c1-22(2,26)20-10-17(13-27-20)16-5-6-21-24-19(12-25(21)11-16)15-4-3-14-7-8-23-18(14)9-15/h3-8,10-13,26H,9H2,1-2H3. The van der Waals surface area contributed by atoms with E-state index in [0.29, 0.717) is 0 Å². The van der Waals surface area contributed by atoms with Crippen molar-refractivity contribution in [2.45, 2.75) is 25.9 Å². The van der Waals surface area contributed by atoms with Gasteiger partial charge in [-0.3, -0.25) is 4.99 Å². The molecule has 3 aromatic heterocycles. The summed E-state index contributed by atoms with van der Waals surface area (Å²) < 4.78 is 2.07. The first kappa shape index (κ1) is 16.4. The van der Waals surface area contributed by atoms with Crippen molar-refractivity contribution >= 4 is 28.3 Å². The molecule has 4 heterocycles. The largest absolute Gasteiger partial charge is 0.385 e. The zero-order valence-electron chi connectivity index (χ0n) is 15.2. The third kappa shape index (κ3) is 2.89. The van der Waals surface area contributed by atoms with Crippen molar-refractivity contribution in [1.82, 2.24) is 9.38 Å². The van der Waals surface area contributed by atoms with Gasteiger partial charge in [-0.1, -0.05) is 12.2 Å². The lowest BCUT2D eigenvalue weighted by molar-refractivity contribution is 0.0826. The predicted molar refractivity (Wildman–Crippen MR) is 111 cm³/mol. The number of nitrogens with zero attached hydrogens (tertiary/aromatic N) is 3. The lowest BCUT2D eigenvalue weighted by atomic mass is 9.95. The third-order valence-electron chi connectivity index (χ3n) is 4.96. The second kappa shape index (κ2) is 5.87. The number of thiophene rings is 1. The summed E-state index contributed by atoms with van der Waals surface area (Å²) >= 11 is 1.58. The van der Waals surface area contributed by atoms with Gasteiger partial charge in [0.25, 0.3) is 0 Å². The van der Waals surface area contributed by atoms with Crippen LogP contribution in [-0.2, 0) is 5.60 Å². The smallest absolute Gasteiger partial charge is 0.137 e. The Balaban J connectivity index is 1.50. The molecule has 0 fully saturated rings. The van der Waals surface area contributed by atoms with Crippen LogP contribution in [0.25, 0.3) is 22.3 Å². The number of hydrogen-bond donors (Lipinski definition) is 1. The molecule has 5 rings (SSSR count). The molecule has 0 bridgehead atoms. The lowest BCUT2D eigenvalue weighted by Gasteiger charge is -2.13. The molecule has 4 nitrogen and oxygen atoms in total. The summed E-state index contributed by atoms with van der Waals surface area (Å²) in [4.78, 5) is 10.2. The van der Waals surface area contributed by atoms with Crippen LogP contribution in [0.2, 0.25) is 0 Å². The average molecular weight is 373 g/mol. The van der Waals surface area contributed by atoms with E-state index in [1.807, 2.05) is 32.2 Å². The van der Waals surface area contributed by atoms with Gasteiger partial charge >= 0.3 is 0 Å². The highest BCUT2D eigenvalue weighted by atomic mass is 32.1. The van der Waals surface area contributed by atoms with E-state index in [2.05, 4.69) is 51.5 Å².